The van der Waals surface area contributed by atoms with Crippen molar-refractivity contribution < 1.29 is 28.6 Å². The molecule has 0 spiro atoms. The second-order valence-corrected chi connectivity index (χ2v) is 6.91. The van der Waals surface area contributed by atoms with Crippen molar-refractivity contribution in [2.75, 3.05) is 19.8 Å². The Morgan fingerprint density at radius 3 is 2.69 bits per heavy atom. The second-order valence-electron chi connectivity index (χ2n) is 6.91. The number of amides is 2. The van der Waals surface area contributed by atoms with Gasteiger partial charge >= 0.3 is 18.0 Å². The number of rotatable bonds is 8. The molecular weight excluding hydrogens is 376 g/mol. The number of ether oxygens (including phenoxy) is 3. The van der Waals surface area contributed by atoms with Crippen LogP contribution in [-0.2, 0) is 31.9 Å². The summed E-state index contributed by atoms with van der Waals surface area (Å²) >= 11 is 0. The summed E-state index contributed by atoms with van der Waals surface area (Å²) in [6, 6.07) is 4.87. The van der Waals surface area contributed by atoms with Gasteiger partial charge < -0.3 is 24.8 Å². The van der Waals surface area contributed by atoms with Crippen molar-refractivity contribution in [1.29, 1.82) is 0 Å². The predicted molar refractivity (Wildman–Crippen MR) is 104 cm³/mol. The van der Waals surface area contributed by atoms with Crippen LogP contribution in [0.25, 0.3) is 0 Å². The average molecular weight is 402 g/mol. The topological polar surface area (TPSA) is 103 Å². The Hall–Kier alpha value is -3.03. The molecule has 1 aromatic carbocycles. The zero-order chi connectivity index (χ0) is 20.8. The summed E-state index contributed by atoms with van der Waals surface area (Å²) < 4.78 is 15.8. The van der Waals surface area contributed by atoms with E-state index in [1.165, 1.54) is 11.1 Å². The Kier molecular flexibility index (Phi) is 6.74. The maximum atomic E-state index is 12.3. The number of hydrogen-bond donors (Lipinski definition) is 2. The van der Waals surface area contributed by atoms with E-state index in [0.717, 1.165) is 19.3 Å². The first-order chi connectivity index (χ1) is 14.0. The number of nitrogens with one attached hydrogen (secondary N) is 2. The van der Waals surface area contributed by atoms with E-state index in [1.54, 1.807) is 6.92 Å². The molecule has 8 heteroatoms. The zero-order valence-electron chi connectivity index (χ0n) is 16.7. The standard InChI is InChI=1S/C21H26N2O6/c1-3-16-19(20(25)27-4-2)17(23-21(26)22-16)11-29-18(24)12-28-15-9-8-13-6-5-7-14(13)10-15/h8-10,16H,3-7,11-12H2,1-2H3,(H2,22,23,26)/t16-/m0/s1. The monoisotopic (exact) mass is 402 g/mol. The van der Waals surface area contributed by atoms with Crippen molar-refractivity contribution in [2.24, 2.45) is 0 Å². The molecule has 2 aliphatic rings. The molecule has 2 amide bonds. The fourth-order valence-electron chi connectivity index (χ4n) is 3.55. The van der Waals surface area contributed by atoms with Gasteiger partial charge in [-0.3, -0.25) is 0 Å². The number of carbonyl (C=O) groups is 3. The molecule has 8 nitrogen and oxygen atoms in total. The van der Waals surface area contributed by atoms with E-state index in [-0.39, 0.29) is 31.1 Å². The van der Waals surface area contributed by atoms with Gasteiger partial charge in [-0.2, -0.15) is 0 Å². The van der Waals surface area contributed by atoms with Crippen molar-refractivity contribution in [1.82, 2.24) is 10.6 Å². The first-order valence-corrected chi connectivity index (χ1v) is 9.89. The van der Waals surface area contributed by atoms with Gasteiger partial charge in [-0.1, -0.05) is 13.0 Å². The van der Waals surface area contributed by atoms with Gasteiger partial charge in [0.15, 0.2) is 6.61 Å². The highest BCUT2D eigenvalue weighted by Gasteiger charge is 2.32. The first kappa shape index (κ1) is 20.7. The summed E-state index contributed by atoms with van der Waals surface area (Å²) in [5.41, 5.74) is 3.07. The highest BCUT2D eigenvalue weighted by atomic mass is 16.6. The Bertz CT molecular complexity index is 832. The van der Waals surface area contributed by atoms with Crippen LogP contribution in [0, 0.1) is 0 Å². The SMILES string of the molecule is CCOC(=O)C1=C(COC(=O)COc2ccc3c(c2)CCC3)NC(=O)N[C@H]1CC. The van der Waals surface area contributed by atoms with Crippen molar-refractivity contribution in [2.45, 2.75) is 45.6 Å². The molecule has 29 heavy (non-hydrogen) atoms. The molecule has 1 aromatic rings. The molecular formula is C21H26N2O6. The normalized spacial score (nSPS) is 17.9. The van der Waals surface area contributed by atoms with Crippen molar-refractivity contribution in [3.63, 3.8) is 0 Å². The summed E-state index contributed by atoms with van der Waals surface area (Å²) in [4.78, 5) is 36.3. The van der Waals surface area contributed by atoms with Gasteiger partial charge in [-0.25, -0.2) is 14.4 Å². The van der Waals surface area contributed by atoms with E-state index in [1.807, 2.05) is 25.1 Å². The minimum atomic E-state index is -0.595. The zero-order valence-corrected chi connectivity index (χ0v) is 16.7. The maximum Gasteiger partial charge on any atom is 0.344 e. The lowest BCUT2D eigenvalue weighted by molar-refractivity contribution is -0.145. The minimum absolute atomic E-state index is 0.203. The smallest absolute Gasteiger partial charge is 0.344 e. The number of fused-ring (bicyclic) bond motifs is 1. The van der Waals surface area contributed by atoms with Crippen LogP contribution >= 0.6 is 0 Å². The summed E-state index contributed by atoms with van der Waals surface area (Å²) in [7, 11) is 0. The molecule has 1 aliphatic carbocycles. The van der Waals surface area contributed by atoms with Crippen LogP contribution in [0.5, 0.6) is 5.75 Å². The molecule has 1 aliphatic heterocycles. The minimum Gasteiger partial charge on any atom is -0.482 e. The second kappa shape index (κ2) is 9.45. The van der Waals surface area contributed by atoms with Crippen molar-refractivity contribution in [3.8, 4) is 5.75 Å². The van der Waals surface area contributed by atoms with Crippen LogP contribution in [0.3, 0.4) is 0 Å². The summed E-state index contributed by atoms with van der Waals surface area (Å²) in [6.07, 6.45) is 3.74. The third kappa shape index (κ3) is 5.07. The Morgan fingerprint density at radius 1 is 1.14 bits per heavy atom. The third-order valence-electron chi connectivity index (χ3n) is 4.95. The molecule has 0 saturated carbocycles. The van der Waals surface area contributed by atoms with Crippen LogP contribution in [0.4, 0.5) is 4.79 Å². The number of hydrogen-bond acceptors (Lipinski definition) is 6. The maximum absolute atomic E-state index is 12.3. The molecule has 3 rings (SSSR count). The highest BCUT2D eigenvalue weighted by molar-refractivity contribution is 5.94. The fourth-order valence-corrected chi connectivity index (χ4v) is 3.55. The van der Waals surface area contributed by atoms with Gasteiger partial charge in [-0.15, -0.1) is 0 Å². The highest BCUT2D eigenvalue weighted by Crippen LogP contribution is 2.26. The van der Waals surface area contributed by atoms with E-state index in [9.17, 15) is 14.4 Å². The van der Waals surface area contributed by atoms with Crippen LogP contribution in [0.1, 0.15) is 37.8 Å². The molecule has 0 aromatic heterocycles. The third-order valence-corrected chi connectivity index (χ3v) is 4.95. The van der Waals surface area contributed by atoms with Crippen LogP contribution in [-0.4, -0.2) is 43.8 Å². The van der Waals surface area contributed by atoms with Gasteiger partial charge in [0.05, 0.1) is 23.9 Å². The molecule has 0 fully saturated rings. The van der Waals surface area contributed by atoms with Gasteiger partial charge in [-0.05, 0) is 55.9 Å². The number of urea groups is 1. The molecule has 1 heterocycles. The number of benzene rings is 1. The Balaban J connectivity index is 1.60. The van der Waals surface area contributed by atoms with E-state index in [2.05, 4.69) is 10.6 Å². The lowest BCUT2D eigenvalue weighted by Gasteiger charge is -2.28. The van der Waals surface area contributed by atoms with E-state index < -0.39 is 24.0 Å². The largest absolute Gasteiger partial charge is 0.482 e. The van der Waals surface area contributed by atoms with Gasteiger partial charge in [0.25, 0.3) is 0 Å². The Labute approximate surface area is 169 Å². The van der Waals surface area contributed by atoms with E-state index in [0.29, 0.717) is 12.2 Å². The van der Waals surface area contributed by atoms with Gasteiger partial charge in [0, 0.05) is 0 Å². The molecule has 0 radical (unpaired) electrons. The van der Waals surface area contributed by atoms with Gasteiger partial charge in [0.1, 0.15) is 12.4 Å². The van der Waals surface area contributed by atoms with Gasteiger partial charge in [0.2, 0.25) is 0 Å². The molecule has 1 atom stereocenters. The Morgan fingerprint density at radius 2 is 1.93 bits per heavy atom. The predicted octanol–water partition coefficient (Wildman–Crippen LogP) is 2.01. The van der Waals surface area contributed by atoms with E-state index >= 15 is 0 Å². The molecule has 0 saturated heterocycles. The van der Waals surface area contributed by atoms with Crippen molar-refractivity contribution >= 4 is 18.0 Å². The lowest BCUT2D eigenvalue weighted by atomic mass is 10.0. The van der Waals surface area contributed by atoms with Crippen LogP contribution < -0.4 is 15.4 Å². The lowest BCUT2D eigenvalue weighted by Crippen LogP contribution is -2.51. The number of aryl methyl sites for hydroxylation is 2. The van der Waals surface area contributed by atoms with Crippen LogP contribution in [0.15, 0.2) is 29.5 Å². The number of esters is 2. The molecule has 156 valence electrons. The number of carbonyl (C=O) groups excluding carboxylic acids is 3. The average Bonchev–Trinajstić information content (AvgIpc) is 3.18. The summed E-state index contributed by atoms with van der Waals surface area (Å²) in [5, 5.41) is 5.20. The molecule has 0 bridgehead atoms. The molecule has 0 unspecified atom stereocenters. The molecule has 2 N–H and O–H groups in total. The quantitative estimate of drug-likeness (QED) is 0.645. The first-order valence-electron chi connectivity index (χ1n) is 9.89. The van der Waals surface area contributed by atoms with E-state index in [4.69, 9.17) is 14.2 Å². The summed E-state index contributed by atoms with van der Waals surface area (Å²) in [5.74, 6) is -0.524. The van der Waals surface area contributed by atoms with Crippen LogP contribution in [0.2, 0.25) is 0 Å². The fraction of sp³-hybridized carbons (Fsp3) is 0.476. The summed E-state index contributed by atoms with van der Waals surface area (Å²) in [6.45, 7) is 3.23. The van der Waals surface area contributed by atoms with Crippen molar-refractivity contribution in [3.05, 3.63) is 40.6 Å².